The van der Waals surface area contributed by atoms with Crippen LogP contribution in [-0.4, -0.2) is 47.4 Å². The molecule has 0 amide bonds. The van der Waals surface area contributed by atoms with Crippen LogP contribution in [-0.2, 0) is 10.9 Å². The van der Waals surface area contributed by atoms with E-state index in [-0.39, 0.29) is 24.2 Å². The largest absolute Gasteiger partial charge is 0.416 e. The van der Waals surface area contributed by atoms with Crippen LogP contribution in [0.4, 0.5) is 18.9 Å². The van der Waals surface area contributed by atoms with Crippen molar-refractivity contribution in [1.82, 2.24) is 4.90 Å². The molecule has 7 heteroatoms. The second-order valence-electron chi connectivity index (χ2n) is 10.5. The lowest BCUT2D eigenvalue weighted by Gasteiger charge is -2.48. The van der Waals surface area contributed by atoms with E-state index >= 15 is 0 Å². The van der Waals surface area contributed by atoms with Gasteiger partial charge in [0.1, 0.15) is 0 Å². The lowest BCUT2D eigenvalue weighted by atomic mass is 9.73. The highest BCUT2D eigenvalue weighted by Gasteiger charge is 2.45. The van der Waals surface area contributed by atoms with Crippen LogP contribution in [0.2, 0.25) is 0 Å². The van der Waals surface area contributed by atoms with Crippen molar-refractivity contribution in [3.05, 3.63) is 53.6 Å². The smallest absolute Gasteiger partial charge is 0.390 e. The number of piperidine rings is 1. The minimum atomic E-state index is -4.38. The minimum absolute atomic E-state index is 0.0167. The van der Waals surface area contributed by atoms with Gasteiger partial charge < -0.3 is 20.1 Å². The monoisotopic (exact) mass is 476 g/mol. The lowest BCUT2D eigenvalue weighted by Crippen LogP contribution is -2.50. The van der Waals surface area contributed by atoms with Crippen molar-refractivity contribution < 1.29 is 23.0 Å². The molecule has 186 valence electrons. The fourth-order valence-electron chi connectivity index (χ4n) is 6.19. The molecule has 3 heterocycles. The molecule has 1 unspecified atom stereocenters. The molecule has 0 radical (unpaired) electrons. The van der Waals surface area contributed by atoms with Crippen LogP contribution in [0.15, 0.2) is 42.5 Å². The van der Waals surface area contributed by atoms with Crippen LogP contribution in [0.5, 0.6) is 0 Å². The number of halogens is 3. The fourth-order valence-corrected chi connectivity index (χ4v) is 6.19. The van der Waals surface area contributed by atoms with Gasteiger partial charge in [0, 0.05) is 48.8 Å². The first-order valence-corrected chi connectivity index (χ1v) is 12.7. The van der Waals surface area contributed by atoms with Crippen LogP contribution < -0.4 is 5.32 Å². The van der Waals surface area contributed by atoms with Crippen LogP contribution in [0.3, 0.4) is 0 Å². The fraction of sp³-hybridized carbons (Fsp3) is 0.630. The maximum absolute atomic E-state index is 13.5. The topological polar surface area (TPSA) is 44.7 Å². The quantitative estimate of drug-likeness (QED) is 0.585. The molecule has 0 saturated carbocycles. The zero-order valence-corrected chi connectivity index (χ0v) is 19.7. The number of aliphatic hydroxyl groups is 1. The summed E-state index contributed by atoms with van der Waals surface area (Å²) >= 11 is 0. The zero-order valence-electron chi connectivity index (χ0n) is 19.7. The van der Waals surface area contributed by atoms with E-state index < -0.39 is 17.3 Å². The molecule has 0 bridgehead atoms. The van der Waals surface area contributed by atoms with Crippen molar-refractivity contribution in [1.29, 1.82) is 0 Å². The first-order chi connectivity index (χ1) is 16.3. The molecular formula is C27H35F3N2O2. The molecule has 1 aromatic carbocycles. The summed E-state index contributed by atoms with van der Waals surface area (Å²) in [5, 5.41) is 14.1. The van der Waals surface area contributed by atoms with E-state index in [1.807, 2.05) is 13.0 Å². The Bertz CT molecular complexity index is 936. The molecule has 3 aliphatic heterocycles. The van der Waals surface area contributed by atoms with Crippen LogP contribution >= 0.6 is 0 Å². The number of nitrogens with one attached hydrogen (secondary N) is 1. The van der Waals surface area contributed by atoms with E-state index in [0.717, 1.165) is 63.8 Å². The summed E-state index contributed by atoms with van der Waals surface area (Å²) in [4.78, 5) is 2.34. The van der Waals surface area contributed by atoms with E-state index in [0.29, 0.717) is 11.5 Å². The summed E-state index contributed by atoms with van der Waals surface area (Å²) < 4.78 is 47.2. The highest BCUT2D eigenvalue weighted by atomic mass is 19.4. The van der Waals surface area contributed by atoms with Gasteiger partial charge in [-0.3, -0.25) is 0 Å². The van der Waals surface area contributed by atoms with E-state index in [4.69, 9.17) is 4.74 Å². The Hall–Kier alpha value is -1.83. The maximum Gasteiger partial charge on any atom is 0.416 e. The number of nitrogens with zero attached hydrogens (tertiary/aromatic N) is 1. The molecule has 0 spiro atoms. The standard InChI is InChI=1S/C27H35F3N2O2/c1-2-26(33)12-14-32(15-13-26)17-20-9-10-21-24(18-6-4-3-5-7-18)31-23-11-8-19(27(28,29)30)16-22(23)25(21)34-20/h3-6,8,11,16,18,20-21,24-25,31,33H,2,7,9-10,12-15,17H2,1H3/t18?,20-,21+,24+,25+/m1/s1. The first kappa shape index (κ1) is 23.9. The summed E-state index contributed by atoms with van der Waals surface area (Å²) in [5.74, 6) is 0.418. The molecule has 1 aliphatic carbocycles. The number of likely N-dealkylation sites (tertiary alicyclic amines) is 1. The van der Waals surface area contributed by atoms with Gasteiger partial charge in [-0.15, -0.1) is 0 Å². The number of ether oxygens (including phenoxy) is 1. The highest BCUT2D eigenvalue weighted by molar-refractivity contribution is 5.58. The molecule has 2 N–H and O–H groups in total. The SMILES string of the molecule is CCC1(O)CCN(C[C@H]2CC[C@@H]3[C@H](O2)c2cc(C(F)(F)F)ccc2N[C@H]3C2C=CC=CC2)CC1. The van der Waals surface area contributed by atoms with Gasteiger partial charge in [-0.2, -0.15) is 13.2 Å². The number of benzene rings is 1. The highest BCUT2D eigenvalue weighted by Crippen LogP contribution is 2.49. The van der Waals surface area contributed by atoms with Gasteiger partial charge in [0.15, 0.2) is 0 Å². The molecular weight excluding hydrogens is 441 g/mol. The summed E-state index contributed by atoms with van der Waals surface area (Å²) in [6.45, 7) is 4.45. The number of hydrogen-bond acceptors (Lipinski definition) is 4. The molecule has 0 aromatic heterocycles. The molecule has 1 aromatic rings. The van der Waals surface area contributed by atoms with Gasteiger partial charge in [-0.25, -0.2) is 0 Å². The van der Waals surface area contributed by atoms with Gasteiger partial charge in [-0.1, -0.05) is 31.2 Å². The van der Waals surface area contributed by atoms with Crippen molar-refractivity contribution in [2.24, 2.45) is 11.8 Å². The van der Waals surface area contributed by atoms with Crippen molar-refractivity contribution in [2.75, 3.05) is 25.0 Å². The number of anilines is 1. The third-order valence-electron chi connectivity index (χ3n) is 8.40. The molecule has 2 saturated heterocycles. The summed E-state index contributed by atoms with van der Waals surface area (Å²) in [6.07, 6.45) is 8.75. The Morgan fingerprint density at radius 1 is 1.18 bits per heavy atom. The third kappa shape index (κ3) is 4.79. The van der Waals surface area contributed by atoms with Gasteiger partial charge in [0.25, 0.3) is 0 Å². The second-order valence-corrected chi connectivity index (χ2v) is 10.5. The summed E-state index contributed by atoms with van der Waals surface area (Å²) in [5.41, 5.74) is 0.210. The maximum atomic E-state index is 13.5. The predicted molar refractivity (Wildman–Crippen MR) is 126 cm³/mol. The molecule has 4 nitrogen and oxygen atoms in total. The molecule has 34 heavy (non-hydrogen) atoms. The Labute approximate surface area is 199 Å². The Kier molecular flexibility index (Phi) is 6.55. The van der Waals surface area contributed by atoms with E-state index in [2.05, 4.69) is 28.4 Å². The van der Waals surface area contributed by atoms with Crippen molar-refractivity contribution in [3.63, 3.8) is 0 Å². The average Bonchev–Trinajstić information content (AvgIpc) is 2.84. The number of fused-ring (bicyclic) bond motifs is 3. The molecule has 5 rings (SSSR count). The summed E-state index contributed by atoms with van der Waals surface area (Å²) in [7, 11) is 0. The number of rotatable bonds is 4. The molecule has 5 atom stereocenters. The van der Waals surface area contributed by atoms with Crippen LogP contribution in [0.1, 0.15) is 62.7 Å². The molecule has 4 aliphatic rings. The van der Waals surface area contributed by atoms with E-state index in [1.165, 1.54) is 12.1 Å². The number of alkyl halides is 3. The van der Waals surface area contributed by atoms with E-state index in [1.54, 1.807) is 6.07 Å². The van der Waals surface area contributed by atoms with Crippen molar-refractivity contribution >= 4 is 5.69 Å². The zero-order chi connectivity index (χ0) is 23.9. The third-order valence-corrected chi connectivity index (χ3v) is 8.40. The second kappa shape index (κ2) is 9.32. The van der Waals surface area contributed by atoms with Crippen molar-refractivity contribution in [2.45, 2.75) is 75.5 Å². The van der Waals surface area contributed by atoms with Gasteiger partial charge in [0.05, 0.1) is 23.4 Å². The predicted octanol–water partition coefficient (Wildman–Crippen LogP) is 5.71. The minimum Gasteiger partial charge on any atom is -0.390 e. The van der Waals surface area contributed by atoms with Crippen molar-refractivity contribution in [3.8, 4) is 0 Å². The van der Waals surface area contributed by atoms with Crippen LogP contribution in [0, 0.1) is 11.8 Å². The number of hydrogen-bond donors (Lipinski definition) is 2. The van der Waals surface area contributed by atoms with Crippen LogP contribution in [0.25, 0.3) is 0 Å². The molecule has 2 fully saturated rings. The first-order valence-electron chi connectivity index (χ1n) is 12.7. The Morgan fingerprint density at radius 2 is 1.97 bits per heavy atom. The van der Waals surface area contributed by atoms with Gasteiger partial charge >= 0.3 is 6.18 Å². The summed E-state index contributed by atoms with van der Waals surface area (Å²) in [6, 6.07) is 4.17. The van der Waals surface area contributed by atoms with E-state index in [9.17, 15) is 18.3 Å². The van der Waals surface area contributed by atoms with Gasteiger partial charge in [-0.05, 0) is 56.7 Å². The average molecular weight is 477 g/mol. The Balaban J connectivity index is 1.37. The normalized spacial score (nSPS) is 33.1. The number of allylic oxidation sites excluding steroid dienone is 3. The van der Waals surface area contributed by atoms with Gasteiger partial charge in [0.2, 0.25) is 0 Å². The Morgan fingerprint density at radius 3 is 2.65 bits per heavy atom. The lowest BCUT2D eigenvalue weighted by molar-refractivity contribution is -0.138.